The normalized spacial score (nSPS) is 18.8. The monoisotopic (exact) mass is 320 g/mol. The SMILES string of the molecule is Fc1cc(Br)cnc1N1CCC(c2ccccc2)C1. The molecule has 0 saturated carbocycles. The highest BCUT2D eigenvalue weighted by Gasteiger charge is 2.26. The summed E-state index contributed by atoms with van der Waals surface area (Å²) in [5.74, 6) is 0.663. The van der Waals surface area contributed by atoms with Gasteiger partial charge in [0.15, 0.2) is 11.6 Å². The fraction of sp³-hybridized carbons (Fsp3) is 0.267. The topological polar surface area (TPSA) is 16.1 Å². The van der Waals surface area contributed by atoms with Crippen molar-refractivity contribution in [1.82, 2.24) is 4.98 Å². The van der Waals surface area contributed by atoms with Crippen LogP contribution in [0.15, 0.2) is 47.1 Å². The van der Waals surface area contributed by atoms with E-state index < -0.39 is 0 Å². The third-order valence-electron chi connectivity index (χ3n) is 3.55. The predicted octanol–water partition coefficient (Wildman–Crippen LogP) is 3.98. The molecule has 0 aliphatic carbocycles. The summed E-state index contributed by atoms with van der Waals surface area (Å²) < 4.78 is 14.6. The van der Waals surface area contributed by atoms with Crippen LogP contribution in [0.2, 0.25) is 0 Å². The number of anilines is 1. The molecule has 2 aromatic rings. The van der Waals surface area contributed by atoms with E-state index in [4.69, 9.17) is 0 Å². The lowest BCUT2D eigenvalue weighted by Crippen LogP contribution is -2.21. The number of nitrogens with zero attached hydrogens (tertiary/aromatic N) is 2. The summed E-state index contributed by atoms with van der Waals surface area (Å²) >= 11 is 3.23. The Balaban J connectivity index is 1.79. The molecule has 0 N–H and O–H groups in total. The summed E-state index contributed by atoms with van der Waals surface area (Å²) in [4.78, 5) is 6.22. The molecular weight excluding hydrogens is 307 g/mol. The quantitative estimate of drug-likeness (QED) is 0.832. The molecule has 4 heteroatoms. The molecule has 0 radical (unpaired) electrons. The third-order valence-corrected chi connectivity index (χ3v) is 3.98. The van der Waals surface area contributed by atoms with Crippen molar-refractivity contribution >= 4 is 21.7 Å². The fourth-order valence-electron chi connectivity index (χ4n) is 2.59. The van der Waals surface area contributed by atoms with Gasteiger partial charge in [-0.25, -0.2) is 9.37 Å². The highest BCUT2D eigenvalue weighted by atomic mass is 79.9. The van der Waals surface area contributed by atoms with Crippen LogP contribution >= 0.6 is 15.9 Å². The van der Waals surface area contributed by atoms with Gasteiger partial charge in [0, 0.05) is 29.7 Å². The molecule has 1 atom stereocenters. The Morgan fingerprint density at radius 1 is 1.26 bits per heavy atom. The highest BCUT2D eigenvalue weighted by Crippen LogP contribution is 2.31. The molecule has 1 saturated heterocycles. The number of hydrogen-bond donors (Lipinski definition) is 0. The Morgan fingerprint density at radius 2 is 2.05 bits per heavy atom. The summed E-state index contributed by atoms with van der Waals surface area (Å²) in [7, 11) is 0. The van der Waals surface area contributed by atoms with Gasteiger partial charge in [-0.2, -0.15) is 0 Å². The van der Waals surface area contributed by atoms with E-state index in [1.165, 1.54) is 11.6 Å². The van der Waals surface area contributed by atoms with Crippen LogP contribution in [-0.4, -0.2) is 18.1 Å². The van der Waals surface area contributed by atoms with Crippen LogP contribution in [0.4, 0.5) is 10.2 Å². The summed E-state index contributed by atoms with van der Waals surface area (Å²) in [6.45, 7) is 1.68. The first kappa shape index (κ1) is 12.6. The zero-order valence-corrected chi connectivity index (χ0v) is 12.0. The standard InChI is InChI=1S/C15H14BrFN2/c16-13-8-14(17)15(18-9-13)19-7-6-12(10-19)11-4-2-1-3-5-11/h1-5,8-9,12H,6-7,10H2. The second-order valence-corrected chi connectivity index (χ2v) is 5.72. The lowest BCUT2D eigenvalue weighted by Gasteiger charge is -2.18. The third kappa shape index (κ3) is 2.63. The molecule has 1 aromatic heterocycles. The minimum Gasteiger partial charge on any atom is -0.354 e. The Labute approximate surface area is 120 Å². The predicted molar refractivity (Wildman–Crippen MR) is 77.9 cm³/mol. The molecular formula is C15H14BrFN2. The van der Waals surface area contributed by atoms with E-state index in [0.29, 0.717) is 16.2 Å². The van der Waals surface area contributed by atoms with Crippen LogP contribution in [0, 0.1) is 5.82 Å². The minimum absolute atomic E-state index is 0.261. The molecule has 1 aliphatic heterocycles. The average molecular weight is 321 g/mol. The van der Waals surface area contributed by atoms with Crippen LogP contribution in [0.3, 0.4) is 0 Å². The van der Waals surface area contributed by atoms with Crippen molar-refractivity contribution in [3.8, 4) is 0 Å². The molecule has 1 aromatic carbocycles. The number of hydrogen-bond acceptors (Lipinski definition) is 2. The Kier molecular flexibility index (Phi) is 3.51. The van der Waals surface area contributed by atoms with Gasteiger partial charge >= 0.3 is 0 Å². The Bertz CT molecular complexity index is 574. The molecule has 98 valence electrons. The van der Waals surface area contributed by atoms with E-state index in [9.17, 15) is 4.39 Å². The van der Waals surface area contributed by atoms with Gasteiger partial charge in [0.2, 0.25) is 0 Å². The molecule has 0 amide bonds. The number of pyridine rings is 1. The number of aromatic nitrogens is 1. The van der Waals surface area contributed by atoms with Gasteiger partial charge in [-0.1, -0.05) is 30.3 Å². The number of halogens is 2. The van der Waals surface area contributed by atoms with Crippen molar-refractivity contribution in [3.05, 3.63) is 58.4 Å². The van der Waals surface area contributed by atoms with E-state index in [1.54, 1.807) is 6.20 Å². The van der Waals surface area contributed by atoms with Crippen LogP contribution in [0.1, 0.15) is 17.9 Å². The molecule has 0 spiro atoms. The maximum atomic E-state index is 13.9. The van der Waals surface area contributed by atoms with Gasteiger partial charge in [-0.3, -0.25) is 0 Å². The second-order valence-electron chi connectivity index (χ2n) is 4.80. The van der Waals surface area contributed by atoms with E-state index in [2.05, 4.69) is 45.2 Å². The van der Waals surface area contributed by atoms with Crippen molar-refractivity contribution in [1.29, 1.82) is 0 Å². The zero-order chi connectivity index (χ0) is 13.2. The molecule has 0 bridgehead atoms. The molecule has 2 heterocycles. The smallest absolute Gasteiger partial charge is 0.166 e. The highest BCUT2D eigenvalue weighted by molar-refractivity contribution is 9.10. The van der Waals surface area contributed by atoms with Gasteiger partial charge < -0.3 is 4.90 Å². The van der Waals surface area contributed by atoms with Crippen LogP contribution in [0.25, 0.3) is 0 Å². The summed E-state index contributed by atoms with van der Waals surface area (Å²) in [5.41, 5.74) is 1.32. The Morgan fingerprint density at radius 3 is 2.79 bits per heavy atom. The first-order chi connectivity index (χ1) is 9.24. The Hall–Kier alpha value is -1.42. The first-order valence-corrected chi connectivity index (χ1v) is 7.14. The van der Waals surface area contributed by atoms with Crippen LogP contribution < -0.4 is 4.90 Å². The average Bonchev–Trinajstić information content (AvgIpc) is 2.89. The van der Waals surface area contributed by atoms with Crippen LogP contribution in [0.5, 0.6) is 0 Å². The zero-order valence-electron chi connectivity index (χ0n) is 10.4. The molecule has 1 unspecified atom stereocenters. The van der Waals surface area contributed by atoms with Gasteiger partial charge in [0.25, 0.3) is 0 Å². The summed E-state index contributed by atoms with van der Waals surface area (Å²) in [6, 6.07) is 11.9. The van der Waals surface area contributed by atoms with Gasteiger partial charge in [-0.15, -0.1) is 0 Å². The lowest BCUT2D eigenvalue weighted by atomic mass is 9.99. The van der Waals surface area contributed by atoms with E-state index in [1.807, 2.05) is 11.0 Å². The fourth-order valence-corrected chi connectivity index (χ4v) is 2.89. The molecule has 1 aliphatic rings. The maximum Gasteiger partial charge on any atom is 0.166 e. The first-order valence-electron chi connectivity index (χ1n) is 6.35. The van der Waals surface area contributed by atoms with Crippen molar-refractivity contribution in [2.75, 3.05) is 18.0 Å². The van der Waals surface area contributed by atoms with E-state index in [0.717, 1.165) is 19.5 Å². The molecule has 19 heavy (non-hydrogen) atoms. The maximum absolute atomic E-state index is 13.9. The van der Waals surface area contributed by atoms with Crippen molar-refractivity contribution in [2.45, 2.75) is 12.3 Å². The summed E-state index contributed by atoms with van der Waals surface area (Å²) in [6.07, 6.45) is 2.69. The minimum atomic E-state index is -0.261. The van der Waals surface area contributed by atoms with Gasteiger partial charge in [0.1, 0.15) is 0 Å². The van der Waals surface area contributed by atoms with Crippen molar-refractivity contribution in [2.24, 2.45) is 0 Å². The number of rotatable bonds is 2. The van der Waals surface area contributed by atoms with Crippen molar-refractivity contribution in [3.63, 3.8) is 0 Å². The van der Waals surface area contributed by atoms with Gasteiger partial charge in [0.05, 0.1) is 0 Å². The molecule has 3 rings (SSSR count). The second kappa shape index (κ2) is 5.29. The van der Waals surface area contributed by atoms with Crippen LogP contribution in [-0.2, 0) is 0 Å². The molecule has 2 nitrogen and oxygen atoms in total. The largest absolute Gasteiger partial charge is 0.354 e. The van der Waals surface area contributed by atoms with E-state index in [-0.39, 0.29) is 5.82 Å². The number of benzene rings is 1. The van der Waals surface area contributed by atoms with Crippen molar-refractivity contribution < 1.29 is 4.39 Å². The summed E-state index contributed by atoms with van der Waals surface area (Å²) in [5, 5.41) is 0. The van der Waals surface area contributed by atoms with Gasteiger partial charge in [-0.05, 0) is 34.0 Å². The lowest BCUT2D eigenvalue weighted by molar-refractivity contribution is 0.614. The van der Waals surface area contributed by atoms with E-state index >= 15 is 0 Å². The molecule has 1 fully saturated rings.